The summed E-state index contributed by atoms with van der Waals surface area (Å²) in [6.45, 7) is 6.41. The normalized spacial score (nSPS) is 22.5. The summed E-state index contributed by atoms with van der Waals surface area (Å²) in [7, 11) is 1.69. The first-order chi connectivity index (χ1) is 14.5. The van der Waals surface area contributed by atoms with Crippen LogP contribution in [0.3, 0.4) is 0 Å². The molecule has 0 bridgehead atoms. The number of hydrogen-bond donors (Lipinski definition) is 1. The topological polar surface area (TPSA) is 57.5 Å². The monoisotopic (exact) mass is 407 g/mol. The van der Waals surface area contributed by atoms with E-state index in [2.05, 4.69) is 29.8 Å². The smallest absolute Gasteiger partial charge is 0.200 e. The van der Waals surface area contributed by atoms with Crippen molar-refractivity contribution < 1.29 is 14.6 Å². The van der Waals surface area contributed by atoms with Gasteiger partial charge < -0.3 is 19.5 Å². The van der Waals surface area contributed by atoms with Crippen molar-refractivity contribution in [2.75, 3.05) is 20.2 Å². The van der Waals surface area contributed by atoms with E-state index in [4.69, 9.17) is 14.6 Å². The SMILES string of the molecule is COc1cccc2c1OC1(CCN(C(C)C)CC1)N1N=C(c3ccccc3O)CC21. The lowest BCUT2D eigenvalue weighted by Crippen LogP contribution is -2.59. The highest BCUT2D eigenvalue weighted by Gasteiger charge is 2.52. The molecule has 2 aromatic rings. The van der Waals surface area contributed by atoms with Crippen LogP contribution in [0.4, 0.5) is 0 Å². The zero-order valence-electron chi connectivity index (χ0n) is 17.8. The summed E-state index contributed by atoms with van der Waals surface area (Å²) in [5.74, 6) is 1.88. The standard InChI is InChI=1S/C24H29N3O3/c1-16(2)26-13-11-24(12-14-26)27-20(18-8-6-10-22(29-3)23(18)30-24)15-19(25-27)17-7-4-5-9-21(17)28/h4-10,16,20,28H,11-15H2,1-3H3. The van der Waals surface area contributed by atoms with Gasteiger partial charge in [0.1, 0.15) is 5.75 Å². The zero-order valence-corrected chi connectivity index (χ0v) is 17.8. The van der Waals surface area contributed by atoms with Crippen LogP contribution in [-0.2, 0) is 0 Å². The highest BCUT2D eigenvalue weighted by Crippen LogP contribution is 2.53. The van der Waals surface area contributed by atoms with E-state index in [9.17, 15) is 5.11 Å². The average molecular weight is 408 g/mol. The number of para-hydroxylation sites is 2. The van der Waals surface area contributed by atoms with E-state index in [-0.39, 0.29) is 11.8 Å². The Morgan fingerprint density at radius 3 is 2.60 bits per heavy atom. The number of benzene rings is 2. The zero-order chi connectivity index (χ0) is 20.9. The van der Waals surface area contributed by atoms with Crippen LogP contribution < -0.4 is 9.47 Å². The van der Waals surface area contributed by atoms with Crippen molar-refractivity contribution in [3.05, 3.63) is 53.6 Å². The maximum atomic E-state index is 10.4. The maximum Gasteiger partial charge on any atom is 0.200 e. The predicted octanol–water partition coefficient (Wildman–Crippen LogP) is 4.14. The predicted molar refractivity (Wildman–Crippen MR) is 116 cm³/mol. The van der Waals surface area contributed by atoms with Crippen LogP contribution in [0.25, 0.3) is 0 Å². The molecule has 2 aromatic carbocycles. The van der Waals surface area contributed by atoms with Gasteiger partial charge >= 0.3 is 0 Å². The van der Waals surface area contributed by atoms with Gasteiger partial charge in [0.15, 0.2) is 11.5 Å². The average Bonchev–Trinajstić information content (AvgIpc) is 3.21. The fraction of sp³-hybridized carbons (Fsp3) is 0.458. The fourth-order valence-corrected chi connectivity index (χ4v) is 5.03. The molecule has 1 spiro atoms. The Bertz CT molecular complexity index is 979. The molecule has 0 saturated carbocycles. The summed E-state index contributed by atoms with van der Waals surface area (Å²) in [4.78, 5) is 2.49. The summed E-state index contributed by atoms with van der Waals surface area (Å²) in [6.07, 6.45) is 2.48. The highest BCUT2D eigenvalue weighted by atomic mass is 16.5. The van der Waals surface area contributed by atoms with Crippen molar-refractivity contribution in [1.82, 2.24) is 9.91 Å². The minimum atomic E-state index is -0.496. The van der Waals surface area contributed by atoms with Crippen molar-refractivity contribution in [2.24, 2.45) is 5.10 Å². The van der Waals surface area contributed by atoms with Crippen LogP contribution in [-0.4, -0.2) is 52.7 Å². The van der Waals surface area contributed by atoms with E-state index >= 15 is 0 Å². The number of phenols is 1. The molecular formula is C24H29N3O3. The molecule has 30 heavy (non-hydrogen) atoms. The third-order valence-electron chi connectivity index (χ3n) is 6.73. The highest BCUT2D eigenvalue weighted by molar-refractivity contribution is 6.04. The molecule has 158 valence electrons. The molecule has 3 heterocycles. The van der Waals surface area contributed by atoms with E-state index in [1.807, 2.05) is 30.3 Å². The Kier molecular flexibility index (Phi) is 4.62. The van der Waals surface area contributed by atoms with Gasteiger partial charge in [-0.25, -0.2) is 5.01 Å². The number of piperidine rings is 1. The molecule has 0 radical (unpaired) electrons. The molecule has 0 amide bonds. The van der Waals surface area contributed by atoms with Gasteiger partial charge in [-0.2, -0.15) is 5.10 Å². The molecule has 0 aliphatic carbocycles. The first-order valence-electron chi connectivity index (χ1n) is 10.8. The van der Waals surface area contributed by atoms with E-state index in [1.165, 1.54) is 0 Å². The Morgan fingerprint density at radius 2 is 1.90 bits per heavy atom. The molecule has 6 heteroatoms. The van der Waals surface area contributed by atoms with Crippen LogP contribution in [0.2, 0.25) is 0 Å². The van der Waals surface area contributed by atoms with Crippen LogP contribution >= 0.6 is 0 Å². The van der Waals surface area contributed by atoms with Gasteiger partial charge in [-0.3, -0.25) is 0 Å². The first-order valence-corrected chi connectivity index (χ1v) is 10.8. The van der Waals surface area contributed by atoms with E-state index in [0.717, 1.165) is 60.7 Å². The molecule has 5 rings (SSSR count). The largest absolute Gasteiger partial charge is 0.507 e. The maximum absolute atomic E-state index is 10.4. The second kappa shape index (κ2) is 7.20. The van der Waals surface area contributed by atoms with Gasteiger partial charge in [0.25, 0.3) is 0 Å². The van der Waals surface area contributed by atoms with Crippen molar-refractivity contribution in [1.29, 1.82) is 0 Å². The molecular weight excluding hydrogens is 378 g/mol. The van der Waals surface area contributed by atoms with Gasteiger partial charge in [0.2, 0.25) is 5.72 Å². The van der Waals surface area contributed by atoms with Crippen LogP contribution in [0.1, 0.15) is 50.3 Å². The molecule has 1 atom stereocenters. The molecule has 0 aromatic heterocycles. The number of methoxy groups -OCH3 is 1. The lowest BCUT2D eigenvalue weighted by atomic mass is 9.90. The number of hydrogen-bond acceptors (Lipinski definition) is 6. The summed E-state index contributed by atoms with van der Waals surface area (Å²) < 4.78 is 12.4. The second-order valence-corrected chi connectivity index (χ2v) is 8.68. The van der Waals surface area contributed by atoms with Crippen molar-refractivity contribution >= 4 is 5.71 Å². The molecule has 1 fully saturated rings. The number of aromatic hydroxyl groups is 1. The molecule has 1 saturated heterocycles. The number of phenolic OH excluding ortho intramolecular Hbond substituents is 1. The molecule has 1 unspecified atom stereocenters. The summed E-state index contributed by atoms with van der Waals surface area (Å²) in [5.41, 5.74) is 2.30. The summed E-state index contributed by atoms with van der Waals surface area (Å²) in [5, 5.41) is 17.6. The van der Waals surface area contributed by atoms with E-state index in [0.29, 0.717) is 6.04 Å². The number of fused-ring (bicyclic) bond motifs is 4. The Hall–Kier alpha value is -2.73. The Balaban J connectivity index is 1.58. The number of rotatable bonds is 3. The van der Waals surface area contributed by atoms with Gasteiger partial charge in [0, 0.05) is 49.5 Å². The molecule has 3 aliphatic heterocycles. The third-order valence-corrected chi connectivity index (χ3v) is 6.73. The van der Waals surface area contributed by atoms with Gasteiger partial charge in [-0.1, -0.05) is 24.3 Å². The fourth-order valence-electron chi connectivity index (χ4n) is 5.03. The van der Waals surface area contributed by atoms with Crippen LogP contribution in [0, 0.1) is 0 Å². The lowest BCUT2D eigenvalue weighted by molar-refractivity contribution is -0.153. The molecule has 6 nitrogen and oxygen atoms in total. The summed E-state index contributed by atoms with van der Waals surface area (Å²) >= 11 is 0. The Labute approximate surface area is 177 Å². The van der Waals surface area contributed by atoms with Gasteiger partial charge in [-0.15, -0.1) is 0 Å². The lowest BCUT2D eigenvalue weighted by Gasteiger charge is -2.51. The minimum Gasteiger partial charge on any atom is -0.507 e. The van der Waals surface area contributed by atoms with E-state index in [1.54, 1.807) is 13.2 Å². The van der Waals surface area contributed by atoms with Crippen molar-refractivity contribution in [3.8, 4) is 17.2 Å². The number of ether oxygens (including phenoxy) is 2. The molecule has 3 aliphatic rings. The molecule has 1 N–H and O–H groups in total. The van der Waals surface area contributed by atoms with E-state index < -0.39 is 5.72 Å². The number of likely N-dealkylation sites (tertiary alicyclic amines) is 1. The van der Waals surface area contributed by atoms with Crippen LogP contribution in [0.15, 0.2) is 47.6 Å². The van der Waals surface area contributed by atoms with Gasteiger partial charge in [0.05, 0.1) is 18.9 Å². The van der Waals surface area contributed by atoms with Gasteiger partial charge in [-0.05, 0) is 32.0 Å². The minimum absolute atomic E-state index is 0.0732. The number of nitrogens with zero attached hydrogens (tertiary/aromatic N) is 3. The summed E-state index contributed by atoms with van der Waals surface area (Å²) in [6, 6.07) is 14.1. The Morgan fingerprint density at radius 1 is 1.13 bits per heavy atom. The number of hydrazone groups is 1. The van der Waals surface area contributed by atoms with Crippen LogP contribution in [0.5, 0.6) is 17.2 Å². The van der Waals surface area contributed by atoms with Crippen molar-refractivity contribution in [3.63, 3.8) is 0 Å². The quantitative estimate of drug-likeness (QED) is 0.829. The first kappa shape index (κ1) is 19.2. The third kappa shape index (κ3) is 2.93. The van der Waals surface area contributed by atoms with Crippen molar-refractivity contribution in [2.45, 2.75) is 50.9 Å². The second-order valence-electron chi connectivity index (χ2n) is 8.68.